The lowest BCUT2D eigenvalue weighted by Crippen LogP contribution is -2.26. The second-order valence-electron chi connectivity index (χ2n) is 4.38. The SMILES string of the molecule is CNCCN(C)Cc1ccc2c(c1)CCO2. The highest BCUT2D eigenvalue weighted by atomic mass is 16.5. The third-order valence-electron chi connectivity index (χ3n) is 2.95. The van der Waals surface area contributed by atoms with Gasteiger partial charge in [0.05, 0.1) is 6.61 Å². The first-order valence-electron chi connectivity index (χ1n) is 5.87. The number of hydrogen-bond acceptors (Lipinski definition) is 3. The number of hydrogen-bond donors (Lipinski definition) is 1. The smallest absolute Gasteiger partial charge is 0.122 e. The summed E-state index contributed by atoms with van der Waals surface area (Å²) in [5, 5.41) is 3.16. The lowest BCUT2D eigenvalue weighted by Gasteiger charge is -2.16. The Kier molecular flexibility index (Phi) is 3.80. The highest BCUT2D eigenvalue weighted by molar-refractivity contribution is 5.39. The van der Waals surface area contributed by atoms with E-state index in [4.69, 9.17) is 4.74 Å². The molecule has 88 valence electrons. The molecule has 0 fully saturated rings. The van der Waals surface area contributed by atoms with Crippen molar-refractivity contribution in [3.8, 4) is 5.75 Å². The zero-order valence-electron chi connectivity index (χ0n) is 10.1. The van der Waals surface area contributed by atoms with E-state index in [0.717, 1.165) is 38.4 Å². The van der Waals surface area contributed by atoms with Gasteiger partial charge >= 0.3 is 0 Å². The van der Waals surface area contributed by atoms with Gasteiger partial charge in [0.1, 0.15) is 5.75 Å². The van der Waals surface area contributed by atoms with E-state index >= 15 is 0 Å². The van der Waals surface area contributed by atoms with Gasteiger partial charge in [0.2, 0.25) is 0 Å². The first-order valence-corrected chi connectivity index (χ1v) is 5.87. The van der Waals surface area contributed by atoms with E-state index in [-0.39, 0.29) is 0 Å². The molecule has 1 heterocycles. The molecule has 0 amide bonds. The highest BCUT2D eigenvalue weighted by Gasteiger charge is 2.12. The molecule has 0 aliphatic carbocycles. The Morgan fingerprint density at radius 2 is 2.31 bits per heavy atom. The number of likely N-dealkylation sites (N-methyl/N-ethyl adjacent to an activating group) is 2. The van der Waals surface area contributed by atoms with Crippen LogP contribution in [0.3, 0.4) is 0 Å². The van der Waals surface area contributed by atoms with Gasteiger partial charge in [-0.25, -0.2) is 0 Å². The molecule has 1 aromatic carbocycles. The van der Waals surface area contributed by atoms with E-state index in [1.807, 2.05) is 7.05 Å². The molecule has 2 rings (SSSR count). The molecule has 0 atom stereocenters. The maximum Gasteiger partial charge on any atom is 0.122 e. The van der Waals surface area contributed by atoms with Crippen LogP contribution in [0, 0.1) is 0 Å². The van der Waals surface area contributed by atoms with Crippen molar-refractivity contribution in [2.75, 3.05) is 33.8 Å². The summed E-state index contributed by atoms with van der Waals surface area (Å²) < 4.78 is 5.50. The number of fused-ring (bicyclic) bond motifs is 1. The average molecular weight is 220 g/mol. The highest BCUT2D eigenvalue weighted by Crippen LogP contribution is 2.26. The van der Waals surface area contributed by atoms with Gasteiger partial charge in [-0.05, 0) is 31.3 Å². The first-order chi connectivity index (χ1) is 7.79. The molecular formula is C13H20N2O. The summed E-state index contributed by atoms with van der Waals surface area (Å²) in [6.45, 7) is 3.96. The quantitative estimate of drug-likeness (QED) is 0.809. The Bertz CT molecular complexity index is 352. The topological polar surface area (TPSA) is 24.5 Å². The van der Waals surface area contributed by atoms with Crippen LogP contribution in [0.4, 0.5) is 0 Å². The minimum atomic E-state index is 0.842. The number of benzene rings is 1. The van der Waals surface area contributed by atoms with Gasteiger partial charge in [0.15, 0.2) is 0 Å². The standard InChI is InChI=1S/C13H20N2O/c1-14-6-7-15(2)10-11-3-4-13-12(9-11)5-8-16-13/h3-4,9,14H,5-8,10H2,1-2H3. The van der Waals surface area contributed by atoms with Crippen LogP contribution < -0.4 is 10.1 Å². The van der Waals surface area contributed by atoms with Crippen LogP contribution in [0.2, 0.25) is 0 Å². The van der Waals surface area contributed by atoms with Crippen molar-refractivity contribution in [1.29, 1.82) is 0 Å². The fraction of sp³-hybridized carbons (Fsp3) is 0.538. The van der Waals surface area contributed by atoms with Gasteiger partial charge < -0.3 is 15.0 Å². The van der Waals surface area contributed by atoms with Crippen molar-refractivity contribution in [3.63, 3.8) is 0 Å². The fourth-order valence-corrected chi connectivity index (χ4v) is 2.03. The summed E-state index contributed by atoms with van der Waals surface area (Å²) in [6, 6.07) is 6.54. The van der Waals surface area contributed by atoms with Gasteiger partial charge in [-0.2, -0.15) is 0 Å². The lowest BCUT2D eigenvalue weighted by atomic mass is 10.1. The molecule has 3 nitrogen and oxygen atoms in total. The molecule has 0 aromatic heterocycles. The first kappa shape index (κ1) is 11.4. The average Bonchev–Trinajstić information content (AvgIpc) is 2.73. The van der Waals surface area contributed by atoms with Gasteiger partial charge in [-0.15, -0.1) is 0 Å². The molecular weight excluding hydrogens is 200 g/mol. The lowest BCUT2D eigenvalue weighted by molar-refractivity contribution is 0.328. The molecule has 1 N–H and O–H groups in total. The predicted molar refractivity (Wildman–Crippen MR) is 65.9 cm³/mol. The normalized spacial score (nSPS) is 13.9. The minimum absolute atomic E-state index is 0.842. The van der Waals surface area contributed by atoms with Gasteiger partial charge in [0, 0.05) is 26.1 Å². The molecule has 1 aromatic rings. The Morgan fingerprint density at radius 1 is 1.44 bits per heavy atom. The van der Waals surface area contributed by atoms with E-state index in [2.05, 4.69) is 35.5 Å². The van der Waals surface area contributed by atoms with Crippen molar-refractivity contribution >= 4 is 0 Å². The Hall–Kier alpha value is -1.06. The monoisotopic (exact) mass is 220 g/mol. The van der Waals surface area contributed by atoms with Crippen LogP contribution in [0.5, 0.6) is 5.75 Å². The van der Waals surface area contributed by atoms with Crippen LogP contribution >= 0.6 is 0 Å². The fourth-order valence-electron chi connectivity index (χ4n) is 2.03. The number of nitrogens with zero attached hydrogens (tertiary/aromatic N) is 1. The molecule has 0 unspecified atom stereocenters. The number of rotatable bonds is 5. The van der Waals surface area contributed by atoms with Crippen LogP contribution in [-0.4, -0.2) is 38.7 Å². The predicted octanol–water partition coefficient (Wildman–Crippen LogP) is 1.27. The van der Waals surface area contributed by atoms with Crippen molar-refractivity contribution in [2.45, 2.75) is 13.0 Å². The summed E-state index contributed by atoms with van der Waals surface area (Å²) in [5.41, 5.74) is 2.74. The van der Waals surface area contributed by atoms with Crippen LogP contribution in [0.25, 0.3) is 0 Å². The van der Waals surface area contributed by atoms with E-state index < -0.39 is 0 Å². The molecule has 0 radical (unpaired) electrons. The van der Waals surface area contributed by atoms with Crippen molar-refractivity contribution < 1.29 is 4.74 Å². The van der Waals surface area contributed by atoms with Crippen molar-refractivity contribution in [1.82, 2.24) is 10.2 Å². The minimum Gasteiger partial charge on any atom is -0.493 e. The van der Waals surface area contributed by atoms with E-state index in [1.165, 1.54) is 11.1 Å². The maximum absolute atomic E-state index is 5.50. The van der Waals surface area contributed by atoms with Crippen LogP contribution in [-0.2, 0) is 13.0 Å². The number of nitrogens with one attached hydrogen (secondary N) is 1. The molecule has 0 saturated heterocycles. The van der Waals surface area contributed by atoms with Crippen LogP contribution in [0.1, 0.15) is 11.1 Å². The van der Waals surface area contributed by atoms with Crippen LogP contribution in [0.15, 0.2) is 18.2 Å². The molecule has 1 aliphatic rings. The van der Waals surface area contributed by atoms with Crippen molar-refractivity contribution in [2.24, 2.45) is 0 Å². The number of ether oxygens (including phenoxy) is 1. The summed E-state index contributed by atoms with van der Waals surface area (Å²) in [7, 11) is 4.14. The molecule has 0 saturated carbocycles. The van der Waals surface area contributed by atoms with E-state index in [1.54, 1.807) is 0 Å². The second kappa shape index (κ2) is 5.32. The molecule has 3 heteroatoms. The second-order valence-corrected chi connectivity index (χ2v) is 4.38. The summed E-state index contributed by atoms with van der Waals surface area (Å²) >= 11 is 0. The van der Waals surface area contributed by atoms with E-state index in [9.17, 15) is 0 Å². The zero-order chi connectivity index (χ0) is 11.4. The van der Waals surface area contributed by atoms with Crippen molar-refractivity contribution in [3.05, 3.63) is 29.3 Å². The zero-order valence-corrected chi connectivity index (χ0v) is 10.1. The third-order valence-corrected chi connectivity index (χ3v) is 2.95. The Balaban J connectivity index is 1.94. The Morgan fingerprint density at radius 3 is 3.12 bits per heavy atom. The molecule has 0 spiro atoms. The molecule has 16 heavy (non-hydrogen) atoms. The largest absolute Gasteiger partial charge is 0.493 e. The Labute approximate surface area is 97.4 Å². The summed E-state index contributed by atoms with van der Waals surface area (Å²) in [5.74, 6) is 1.07. The third kappa shape index (κ3) is 2.74. The maximum atomic E-state index is 5.50. The molecule has 0 bridgehead atoms. The molecule has 1 aliphatic heterocycles. The summed E-state index contributed by atoms with van der Waals surface area (Å²) in [6.07, 6.45) is 1.06. The summed E-state index contributed by atoms with van der Waals surface area (Å²) in [4.78, 5) is 2.33. The van der Waals surface area contributed by atoms with E-state index in [0.29, 0.717) is 0 Å². The van der Waals surface area contributed by atoms with Gasteiger partial charge in [-0.1, -0.05) is 12.1 Å². The van der Waals surface area contributed by atoms with Gasteiger partial charge in [0.25, 0.3) is 0 Å². The van der Waals surface area contributed by atoms with Gasteiger partial charge in [-0.3, -0.25) is 0 Å².